The average molecular weight is 275 g/mol. The Bertz CT molecular complexity index is 472. The standard InChI is InChI=1S/C16H21NO3/c1-2-12(13-7-4-3-5-8-13)11-15(18)17-10-6-9-14(17)16(19)20/h3-5,7-8,12,14H,2,6,9-11H2,1H3,(H,19,20)/t12?,14-/m0/s1. The van der Waals surface area contributed by atoms with Crippen molar-refractivity contribution in [2.45, 2.75) is 44.6 Å². The molecule has 1 aliphatic rings. The molecule has 2 rings (SSSR count). The fraction of sp³-hybridized carbons (Fsp3) is 0.500. The first-order valence-electron chi connectivity index (χ1n) is 7.20. The van der Waals surface area contributed by atoms with Crippen LogP contribution in [0.15, 0.2) is 30.3 Å². The zero-order valence-electron chi connectivity index (χ0n) is 11.8. The van der Waals surface area contributed by atoms with Gasteiger partial charge in [-0.1, -0.05) is 37.3 Å². The predicted octanol–water partition coefficient (Wildman–Crippen LogP) is 2.65. The highest BCUT2D eigenvalue weighted by atomic mass is 16.4. The maximum atomic E-state index is 12.4. The normalized spacial score (nSPS) is 19.9. The SMILES string of the molecule is CCC(CC(=O)N1CCC[C@H]1C(=O)O)c1ccccc1. The van der Waals surface area contributed by atoms with E-state index in [-0.39, 0.29) is 11.8 Å². The minimum atomic E-state index is -0.886. The van der Waals surface area contributed by atoms with Crippen molar-refractivity contribution >= 4 is 11.9 Å². The number of likely N-dealkylation sites (tertiary alicyclic amines) is 1. The highest BCUT2D eigenvalue weighted by Gasteiger charge is 2.34. The Labute approximate surface area is 119 Å². The maximum absolute atomic E-state index is 12.4. The Kier molecular flexibility index (Phi) is 4.77. The summed E-state index contributed by atoms with van der Waals surface area (Å²) in [7, 11) is 0. The molecule has 1 saturated heterocycles. The number of amides is 1. The van der Waals surface area contributed by atoms with Crippen LogP contribution in [0.3, 0.4) is 0 Å². The zero-order chi connectivity index (χ0) is 14.5. The molecule has 1 aromatic carbocycles. The van der Waals surface area contributed by atoms with E-state index < -0.39 is 12.0 Å². The summed E-state index contributed by atoms with van der Waals surface area (Å²) in [6.45, 7) is 2.63. The summed E-state index contributed by atoms with van der Waals surface area (Å²) >= 11 is 0. The Morgan fingerprint density at radius 1 is 1.35 bits per heavy atom. The molecule has 1 N–H and O–H groups in total. The summed E-state index contributed by atoms with van der Waals surface area (Å²) < 4.78 is 0. The van der Waals surface area contributed by atoms with Crippen LogP contribution < -0.4 is 0 Å². The van der Waals surface area contributed by atoms with Crippen molar-refractivity contribution in [1.82, 2.24) is 4.90 Å². The molecule has 0 bridgehead atoms. The van der Waals surface area contributed by atoms with Gasteiger partial charge in [0, 0.05) is 13.0 Å². The van der Waals surface area contributed by atoms with Crippen LogP contribution in [0.2, 0.25) is 0 Å². The van der Waals surface area contributed by atoms with Crippen LogP contribution in [-0.4, -0.2) is 34.5 Å². The number of aliphatic carboxylic acids is 1. The number of hydrogen-bond acceptors (Lipinski definition) is 2. The van der Waals surface area contributed by atoms with Crippen LogP contribution in [-0.2, 0) is 9.59 Å². The molecule has 0 aliphatic carbocycles. The summed E-state index contributed by atoms with van der Waals surface area (Å²) in [4.78, 5) is 25.0. The summed E-state index contributed by atoms with van der Waals surface area (Å²) in [5.41, 5.74) is 1.15. The van der Waals surface area contributed by atoms with Gasteiger partial charge in [0.2, 0.25) is 5.91 Å². The summed E-state index contributed by atoms with van der Waals surface area (Å²) in [6, 6.07) is 9.33. The van der Waals surface area contributed by atoms with Gasteiger partial charge in [-0.3, -0.25) is 4.79 Å². The Morgan fingerprint density at radius 2 is 2.05 bits per heavy atom. The Balaban J connectivity index is 2.04. The highest BCUT2D eigenvalue weighted by Crippen LogP contribution is 2.26. The van der Waals surface area contributed by atoms with Crippen LogP contribution in [0.5, 0.6) is 0 Å². The maximum Gasteiger partial charge on any atom is 0.326 e. The van der Waals surface area contributed by atoms with Crippen LogP contribution in [0.1, 0.15) is 44.1 Å². The lowest BCUT2D eigenvalue weighted by molar-refractivity contribution is -0.148. The van der Waals surface area contributed by atoms with Gasteiger partial charge in [0.25, 0.3) is 0 Å². The predicted molar refractivity (Wildman–Crippen MR) is 76.5 cm³/mol. The van der Waals surface area contributed by atoms with Crippen molar-refractivity contribution in [1.29, 1.82) is 0 Å². The van der Waals surface area contributed by atoms with Crippen molar-refractivity contribution in [2.24, 2.45) is 0 Å². The second kappa shape index (κ2) is 6.55. The second-order valence-corrected chi connectivity index (χ2v) is 5.30. The van der Waals surface area contributed by atoms with Crippen molar-refractivity contribution in [3.8, 4) is 0 Å². The van der Waals surface area contributed by atoms with E-state index in [1.165, 1.54) is 4.90 Å². The number of carboxylic acid groups (broad SMARTS) is 1. The molecule has 4 nitrogen and oxygen atoms in total. The molecule has 0 radical (unpaired) electrons. The van der Waals surface area contributed by atoms with Crippen molar-refractivity contribution in [3.05, 3.63) is 35.9 Å². The van der Waals surface area contributed by atoms with E-state index in [0.717, 1.165) is 18.4 Å². The van der Waals surface area contributed by atoms with Crippen LogP contribution in [0, 0.1) is 0 Å². The molecule has 1 fully saturated rings. The number of benzene rings is 1. The van der Waals surface area contributed by atoms with Crippen LogP contribution in [0.25, 0.3) is 0 Å². The van der Waals surface area contributed by atoms with Gasteiger partial charge in [0.1, 0.15) is 6.04 Å². The Hall–Kier alpha value is -1.84. The van der Waals surface area contributed by atoms with Crippen molar-refractivity contribution in [3.63, 3.8) is 0 Å². The van der Waals surface area contributed by atoms with Gasteiger partial charge in [-0.25, -0.2) is 4.79 Å². The minimum absolute atomic E-state index is 0.0365. The van der Waals surface area contributed by atoms with E-state index >= 15 is 0 Å². The van der Waals surface area contributed by atoms with E-state index in [2.05, 4.69) is 6.92 Å². The highest BCUT2D eigenvalue weighted by molar-refractivity contribution is 5.84. The lowest BCUT2D eigenvalue weighted by atomic mass is 9.92. The van der Waals surface area contributed by atoms with E-state index in [9.17, 15) is 9.59 Å². The molecule has 4 heteroatoms. The number of carboxylic acids is 1. The first-order valence-corrected chi connectivity index (χ1v) is 7.20. The van der Waals surface area contributed by atoms with Crippen molar-refractivity contribution in [2.75, 3.05) is 6.54 Å². The summed E-state index contributed by atoms with van der Waals surface area (Å²) in [5, 5.41) is 9.15. The number of nitrogens with zero attached hydrogens (tertiary/aromatic N) is 1. The first kappa shape index (κ1) is 14.6. The zero-order valence-corrected chi connectivity index (χ0v) is 11.8. The molecule has 1 unspecified atom stereocenters. The van der Waals surface area contributed by atoms with E-state index in [0.29, 0.717) is 19.4 Å². The molecule has 0 spiro atoms. The van der Waals surface area contributed by atoms with Gasteiger partial charge in [-0.15, -0.1) is 0 Å². The molecule has 0 saturated carbocycles. The first-order chi connectivity index (χ1) is 9.63. The third-order valence-electron chi connectivity index (χ3n) is 4.04. The van der Waals surface area contributed by atoms with Gasteiger partial charge < -0.3 is 10.0 Å². The lowest BCUT2D eigenvalue weighted by Crippen LogP contribution is -2.40. The molecule has 1 amide bonds. The molecule has 1 aromatic rings. The molecular weight excluding hydrogens is 254 g/mol. The van der Waals surface area contributed by atoms with Gasteiger partial charge >= 0.3 is 5.97 Å². The van der Waals surface area contributed by atoms with Crippen LogP contribution >= 0.6 is 0 Å². The monoisotopic (exact) mass is 275 g/mol. The molecular formula is C16H21NO3. The molecule has 1 aliphatic heterocycles. The summed E-state index contributed by atoms with van der Waals surface area (Å²) in [5.74, 6) is -0.757. The topological polar surface area (TPSA) is 57.6 Å². The third-order valence-corrected chi connectivity index (χ3v) is 4.04. The fourth-order valence-corrected chi connectivity index (χ4v) is 2.87. The fourth-order valence-electron chi connectivity index (χ4n) is 2.87. The van der Waals surface area contributed by atoms with Crippen molar-refractivity contribution < 1.29 is 14.7 Å². The number of hydrogen-bond donors (Lipinski definition) is 1. The smallest absolute Gasteiger partial charge is 0.326 e. The Morgan fingerprint density at radius 3 is 2.65 bits per heavy atom. The van der Waals surface area contributed by atoms with Gasteiger partial charge in [0.05, 0.1) is 0 Å². The van der Waals surface area contributed by atoms with Gasteiger partial charge in [-0.2, -0.15) is 0 Å². The largest absolute Gasteiger partial charge is 0.480 e. The number of rotatable bonds is 5. The van der Waals surface area contributed by atoms with Gasteiger partial charge in [-0.05, 0) is 30.7 Å². The van der Waals surface area contributed by atoms with E-state index in [1.807, 2.05) is 30.3 Å². The van der Waals surface area contributed by atoms with Crippen LogP contribution in [0.4, 0.5) is 0 Å². The van der Waals surface area contributed by atoms with E-state index in [4.69, 9.17) is 5.11 Å². The van der Waals surface area contributed by atoms with E-state index in [1.54, 1.807) is 0 Å². The quantitative estimate of drug-likeness (QED) is 0.898. The molecule has 20 heavy (non-hydrogen) atoms. The number of carbonyl (C=O) groups excluding carboxylic acids is 1. The second-order valence-electron chi connectivity index (χ2n) is 5.30. The molecule has 1 heterocycles. The van der Waals surface area contributed by atoms with Gasteiger partial charge in [0.15, 0.2) is 0 Å². The average Bonchev–Trinajstić information content (AvgIpc) is 2.95. The number of carbonyl (C=O) groups is 2. The summed E-state index contributed by atoms with van der Waals surface area (Å²) in [6.07, 6.45) is 2.62. The lowest BCUT2D eigenvalue weighted by Gasteiger charge is -2.24. The molecule has 2 atom stereocenters. The third kappa shape index (κ3) is 3.18. The molecule has 0 aromatic heterocycles. The molecule has 108 valence electrons. The minimum Gasteiger partial charge on any atom is -0.480 e.